The zero-order valence-corrected chi connectivity index (χ0v) is 13.1. The SMILES string of the molecule is CCOC1CC(NCc2ccc(Cl)cc2C)C1(C)C. The van der Waals surface area contributed by atoms with Crippen LogP contribution in [0.3, 0.4) is 0 Å². The Balaban J connectivity index is 1.90. The van der Waals surface area contributed by atoms with Gasteiger partial charge in [0.05, 0.1) is 6.10 Å². The zero-order chi connectivity index (χ0) is 14.0. The predicted octanol–water partition coefficient (Wildman–Crippen LogP) is 3.94. The second-order valence-electron chi connectivity index (χ2n) is 6.01. The highest BCUT2D eigenvalue weighted by molar-refractivity contribution is 6.30. The van der Waals surface area contributed by atoms with Crippen LogP contribution in [0.4, 0.5) is 0 Å². The normalized spacial score (nSPS) is 25.1. The monoisotopic (exact) mass is 281 g/mol. The van der Waals surface area contributed by atoms with Crippen LogP contribution in [-0.4, -0.2) is 18.8 Å². The Labute approximate surface area is 121 Å². The maximum absolute atomic E-state index is 5.98. The maximum Gasteiger partial charge on any atom is 0.0655 e. The number of rotatable bonds is 5. The molecule has 0 aliphatic heterocycles. The first-order chi connectivity index (χ1) is 8.95. The molecule has 0 bridgehead atoms. The fourth-order valence-corrected chi connectivity index (χ4v) is 3.03. The van der Waals surface area contributed by atoms with E-state index in [1.54, 1.807) is 0 Å². The second kappa shape index (κ2) is 5.82. The Hall–Kier alpha value is -0.570. The number of hydrogen-bond acceptors (Lipinski definition) is 2. The Morgan fingerprint density at radius 2 is 2.16 bits per heavy atom. The molecule has 1 N–H and O–H groups in total. The molecule has 1 saturated carbocycles. The van der Waals surface area contributed by atoms with Gasteiger partial charge in [0.2, 0.25) is 0 Å². The highest BCUT2D eigenvalue weighted by Gasteiger charge is 2.48. The number of halogens is 1. The van der Waals surface area contributed by atoms with E-state index in [-0.39, 0.29) is 5.41 Å². The first-order valence-electron chi connectivity index (χ1n) is 7.05. The number of benzene rings is 1. The highest BCUT2D eigenvalue weighted by Crippen LogP contribution is 2.42. The van der Waals surface area contributed by atoms with Crippen LogP contribution in [-0.2, 0) is 11.3 Å². The molecular weight excluding hydrogens is 258 g/mol. The fraction of sp³-hybridized carbons (Fsp3) is 0.625. The van der Waals surface area contributed by atoms with Gasteiger partial charge in [0.25, 0.3) is 0 Å². The van der Waals surface area contributed by atoms with Crippen molar-refractivity contribution in [1.82, 2.24) is 5.32 Å². The smallest absolute Gasteiger partial charge is 0.0655 e. The van der Waals surface area contributed by atoms with Crippen molar-refractivity contribution < 1.29 is 4.74 Å². The molecule has 2 unspecified atom stereocenters. The summed E-state index contributed by atoms with van der Waals surface area (Å²) >= 11 is 5.98. The minimum Gasteiger partial charge on any atom is -0.378 e. The molecule has 19 heavy (non-hydrogen) atoms. The lowest BCUT2D eigenvalue weighted by Gasteiger charge is -2.52. The molecular formula is C16H24ClNO. The number of nitrogens with one attached hydrogen (secondary N) is 1. The third-order valence-electron chi connectivity index (χ3n) is 4.39. The van der Waals surface area contributed by atoms with Gasteiger partial charge in [0, 0.05) is 29.6 Å². The first kappa shape index (κ1) is 14.8. The van der Waals surface area contributed by atoms with Crippen LogP contribution in [0.1, 0.15) is 38.3 Å². The molecule has 1 aromatic rings. The Morgan fingerprint density at radius 3 is 2.74 bits per heavy atom. The van der Waals surface area contributed by atoms with Gasteiger partial charge in [-0.25, -0.2) is 0 Å². The van der Waals surface area contributed by atoms with Gasteiger partial charge in [-0.1, -0.05) is 31.5 Å². The van der Waals surface area contributed by atoms with Crippen molar-refractivity contribution in [2.45, 2.75) is 52.8 Å². The zero-order valence-electron chi connectivity index (χ0n) is 12.3. The molecule has 0 saturated heterocycles. The summed E-state index contributed by atoms with van der Waals surface area (Å²) in [5.74, 6) is 0. The molecule has 1 aromatic carbocycles. The van der Waals surface area contributed by atoms with E-state index < -0.39 is 0 Å². The molecule has 0 heterocycles. The molecule has 3 heteroatoms. The molecule has 1 aliphatic rings. The van der Waals surface area contributed by atoms with E-state index in [9.17, 15) is 0 Å². The van der Waals surface area contributed by atoms with Crippen molar-refractivity contribution in [1.29, 1.82) is 0 Å². The van der Waals surface area contributed by atoms with Gasteiger partial charge < -0.3 is 10.1 Å². The second-order valence-corrected chi connectivity index (χ2v) is 6.44. The number of hydrogen-bond donors (Lipinski definition) is 1. The molecule has 2 atom stereocenters. The van der Waals surface area contributed by atoms with Gasteiger partial charge in [-0.2, -0.15) is 0 Å². The summed E-state index contributed by atoms with van der Waals surface area (Å²) in [6, 6.07) is 6.61. The van der Waals surface area contributed by atoms with Crippen molar-refractivity contribution >= 4 is 11.6 Å². The number of aryl methyl sites for hydroxylation is 1. The van der Waals surface area contributed by atoms with Crippen molar-refractivity contribution in [2.75, 3.05) is 6.61 Å². The largest absolute Gasteiger partial charge is 0.378 e. The van der Waals surface area contributed by atoms with Crippen molar-refractivity contribution in [3.63, 3.8) is 0 Å². The predicted molar refractivity (Wildman–Crippen MR) is 80.6 cm³/mol. The standard InChI is InChI=1S/C16H24ClNO/c1-5-19-15-9-14(16(15,3)4)18-10-12-6-7-13(17)8-11(12)2/h6-8,14-15,18H,5,9-10H2,1-4H3. The Morgan fingerprint density at radius 1 is 1.42 bits per heavy atom. The highest BCUT2D eigenvalue weighted by atomic mass is 35.5. The van der Waals surface area contributed by atoms with Crippen molar-refractivity contribution in [2.24, 2.45) is 5.41 Å². The lowest BCUT2D eigenvalue weighted by Crippen LogP contribution is -2.60. The van der Waals surface area contributed by atoms with Crippen molar-refractivity contribution in [3.05, 3.63) is 34.3 Å². The van der Waals surface area contributed by atoms with Gasteiger partial charge >= 0.3 is 0 Å². The minimum atomic E-state index is 0.219. The number of ether oxygens (including phenoxy) is 1. The molecule has 0 spiro atoms. The summed E-state index contributed by atoms with van der Waals surface area (Å²) in [7, 11) is 0. The maximum atomic E-state index is 5.98. The average molecular weight is 282 g/mol. The van der Waals surface area contributed by atoms with Gasteiger partial charge in [-0.15, -0.1) is 0 Å². The van der Waals surface area contributed by atoms with E-state index in [4.69, 9.17) is 16.3 Å². The van der Waals surface area contributed by atoms with Crippen LogP contribution < -0.4 is 5.32 Å². The fourth-order valence-electron chi connectivity index (χ4n) is 2.81. The molecule has 106 valence electrons. The third-order valence-corrected chi connectivity index (χ3v) is 4.62. The van der Waals surface area contributed by atoms with Crippen LogP contribution in [0.25, 0.3) is 0 Å². The lowest BCUT2D eigenvalue weighted by atomic mass is 9.64. The molecule has 0 amide bonds. The van der Waals surface area contributed by atoms with E-state index in [0.29, 0.717) is 12.1 Å². The van der Waals surface area contributed by atoms with Crippen LogP contribution in [0.5, 0.6) is 0 Å². The first-order valence-corrected chi connectivity index (χ1v) is 7.43. The molecule has 1 aliphatic carbocycles. The van der Waals surface area contributed by atoms with Gasteiger partial charge in [0.15, 0.2) is 0 Å². The van der Waals surface area contributed by atoms with Crippen LogP contribution in [0.2, 0.25) is 5.02 Å². The summed E-state index contributed by atoms with van der Waals surface area (Å²) in [6.45, 7) is 10.4. The van der Waals surface area contributed by atoms with E-state index >= 15 is 0 Å². The Bertz CT molecular complexity index is 444. The van der Waals surface area contributed by atoms with Gasteiger partial charge in [0.1, 0.15) is 0 Å². The van der Waals surface area contributed by atoms with Crippen LogP contribution >= 0.6 is 11.6 Å². The molecule has 2 nitrogen and oxygen atoms in total. The van der Waals surface area contributed by atoms with Gasteiger partial charge in [-0.05, 0) is 43.5 Å². The topological polar surface area (TPSA) is 21.3 Å². The van der Waals surface area contributed by atoms with Gasteiger partial charge in [-0.3, -0.25) is 0 Å². The minimum absolute atomic E-state index is 0.219. The van der Waals surface area contributed by atoms with Crippen molar-refractivity contribution in [3.8, 4) is 0 Å². The summed E-state index contributed by atoms with van der Waals surface area (Å²) in [6.07, 6.45) is 1.49. The average Bonchev–Trinajstić information content (AvgIpc) is 2.35. The third kappa shape index (κ3) is 3.13. The summed E-state index contributed by atoms with van der Waals surface area (Å²) < 4.78 is 5.76. The summed E-state index contributed by atoms with van der Waals surface area (Å²) in [5, 5.41) is 4.46. The Kier molecular flexibility index (Phi) is 4.54. The van der Waals surface area contributed by atoms with E-state index in [2.05, 4.69) is 39.1 Å². The van der Waals surface area contributed by atoms with E-state index in [1.807, 2.05) is 12.1 Å². The molecule has 2 rings (SSSR count). The summed E-state index contributed by atoms with van der Waals surface area (Å²) in [5.41, 5.74) is 2.79. The molecule has 0 radical (unpaired) electrons. The van der Waals surface area contributed by atoms with Crippen LogP contribution in [0, 0.1) is 12.3 Å². The van der Waals surface area contributed by atoms with E-state index in [1.165, 1.54) is 11.1 Å². The molecule has 0 aromatic heterocycles. The summed E-state index contributed by atoms with van der Waals surface area (Å²) in [4.78, 5) is 0. The molecule has 1 fully saturated rings. The van der Waals surface area contributed by atoms with E-state index in [0.717, 1.165) is 24.6 Å². The van der Waals surface area contributed by atoms with Crippen LogP contribution in [0.15, 0.2) is 18.2 Å². The lowest BCUT2D eigenvalue weighted by molar-refractivity contribution is -0.114. The quantitative estimate of drug-likeness (QED) is 0.883.